The summed E-state index contributed by atoms with van der Waals surface area (Å²) >= 11 is 1.44. The molecule has 7 heteroatoms. The molecule has 1 aromatic carbocycles. The predicted molar refractivity (Wildman–Crippen MR) is 97.4 cm³/mol. The molecular weight excluding hydrogens is 334 g/mol. The average molecular weight is 351 g/mol. The molecule has 1 amide bonds. The fraction of sp³-hybridized carbons (Fsp3) is 0.111. The molecular formula is C18H17N5OS. The highest BCUT2D eigenvalue weighted by atomic mass is 32.2. The summed E-state index contributed by atoms with van der Waals surface area (Å²) in [6.07, 6.45) is 1.67. The molecule has 0 bridgehead atoms. The third-order valence-electron chi connectivity index (χ3n) is 3.24. The Hall–Kier alpha value is -2.93. The maximum absolute atomic E-state index is 12.5. The molecule has 2 heterocycles. The SMILES string of the molecule is Cc1cc(C)nc(NNC(=O)c2cccnc2Sc2ccccc2)n1. The third kappa shape index (κ3) is 4.54. The van der Waals surface area contributed by atoms with Crippen molar-refractivity contribution in [3.8, 4) is 0 Å². The first-order valence-corrected chi connectivity index (χ1v) is 8.50. The molecule has 0 aliphatic rings. The van der Waals surface area contributed by atoms with Gasteiger partial charge in [-0.05, 0) is 44.2 Å². The third-order valence-corrected chi connectivity index (χ3v) is 4.27. The summed E-state index contributed by atoms with van der Waals surface area (Å²) in [5.74, 6) is 0.0568. The number of benzene rings is 1. The number of nitrogens with one attached hydrogen (secondary N) is 2. The van der Waals surface area contributed by atoms with Crippen molar-refractivity contribution in [3.63, 3.8) is 0 Å². The van der Waals surface area contributed by atoms with Crippen LogP contribution >= 0.6 is 11.8 Å². The number of aryl methyl sites for hydroxylation is 2. The smallest absolute Gasteiger partial charge is 0.267 e. The van der Waals surface area contributed by atoms with Crippen molar-refractivity contribution in [1.82, 2.24) is 20.4 Å². The van der Waals surface area contributed by atoms with Gasteiger partial charge in [0, 0.05) is 22.5 Å². The number of nitrogens with zero attached hydrogens (tertiary/aromatic N) is 3. The van der Waals surface area contributed by atoms with Gasteiger partial charge in [-0.25, -0.2) is 15.0 Å². The first kappa shape index (κ1) is 16.9. The molecule has 3 aromatic rings. The van der Waals surface area contributed by atoms with Crippen LogP contribution in [0.3, 0.4) is 0 Å². The summed E-state index contributed by atoms with van der Waals surface area (Å²) in [6.45, 7) is 3.74. The zero-order chi connectivity index (χ0) is 17.6. The van der Waals surface area contributed by atoms with E-state index in [4.69, 9.17) is 0 Å². The van der Waals surface area contributed by atoms with Crippen LogP contribution < -0.4 is 10.9 Å². The molecule has 0 saturated heterocycles. The Bertz CT molecular complexity index is 865. The van der Waals surface area contributed by atoms with Gasteiger partial charge in [0.15, 0.2) is 0 Å². The van der Waals surface area contributed by atoms with Crippen LogP contribution in [0.1, 0.15) is 21.7 Å². The van der Waals surface area contributed by atoms with E-state index >= 15 is 0 Å². The number of rotatable bonds is 5. The van der Waals surface area contributed by atoms with Gasteiger partial charge in [-0.1, -0.05) is 30.0 Å². The van der Waals surface area contributed by atoms with Gasteiger partial charge < -0.3 is 0 Å². The van der Waals surface area contributed by atoms with E-state index in [0.717, 1.165) is 16.3 Å². The maximum Gasteiger partial charge on any atom is 0.272 e. The standard InChI is InChI=1S/C18H17N5OS/c1-12-11-13(2)21-18(20-12)23-22-16(24)15-9-6-10-19-17(15)25-14-7-4-3-5-8-14/h3-11H,1-2H3,(H,22,24)(H,20,21,23). The van der Waals surface area contributed by atoms with Crippen LogP contribution in [0.15, 0.2) is 64.6 Å². The molecule has 6 nitrogen and oxygen atoms in total. The molecule has 3 rings (SSSR count). The van der Waals surface area contributed by atoms with E-state index in [1.807, 2.05) is 50.2 Å². The van der Waals surface area contributed by atoms with Gasteiger partial charge in [0.25, 0.3) is 5.91 Å². The Morgan fingerprint density at radius 3 is 2.44 bits per heavy atom. The largest absolute Gasteiger partial charge is 0.272 e. The first-order valence-electron chi connectivity index (χ1n) is 7.68. The number of hydrazine groups is 1. The monoisotopic (exact) mass is 351 g/mol. The number of pyridine rings is 1. The van der Waals surface area contributed by atoms with Crippen LogP contribution in [0.5, 0.6) is 0 Å². The zero-order valence-electron chi connectivity index (χ0n) is 13.9. The second-order valence-electron chi connectivity index (χ2n) is 5.32. The van der Waals surface area contributed by atoms with E-state index in [1.54, 1.807) is 18.3 Å². The van der Waals surface area contributed by atoms with Crippen molar-refractivity contribution in [2.75, 3.05) is 5.43 Å². The maximum atomic E-state index is 12.5. The Balaban J connectivity index is 1.74. The van der Waals surface area contributed by atoms with Crippen LogP contribution in [0.4, 0.5) is 5.95 Å². The molecule has 2 aromatic heterocycles. The fourth-order valence-electron chi connectivity index (χ4n) is 2.21. The van der Waals surface area contributed by atoms with Gasteiger partial charge in [-0.3, -0.25) is 15.6 Å². The van der Waals surface area contributed by atoms with Gasteiger partial charge in [0.2, 0.25) is 5.95 Å². The number of hydrogen-bond donors (Lipinski definition) is 2. The number of hydrogen-bond acceptors (Lipinski definition) is 6. The van der Waals surface area contributed by atoms with Crippen molar-refractivity contribution in [1.29, 1.82) is 0 Å². The quantitative estimate of drug-likeness (QED) is 0.686. The predicted octanol–water partition coefficient (Wildman–Crippen LogP) is 3.40. The molecule has 0 fully saturated rings. The lowest BCUT2D eigenvalue weighted by Gasteiger charge is -2.10. The minimum atomic E-state index is -0.297. The Morgan fingerprint density at radius 2 is 1.72 bits per heavy atom. The van der Waals surface area contributed by atoms with E-state index in [0.29, 0.717) is 16.5 Å². The summed E-state index contributed by atoms with van der Waals surface area (Å²) in [4.78, 5) is 26.3. The molecule has 25 heavy (non-hydrogen) atoms. The number of anilines is 1. The molecule has 2 N–H and O–H groups in total. The van der Waals surface area contributed by atoms with Gasteiger partial charge in [0.1, 0.15) is 5.03 Å². The lowest BCUT2D eigenvalue weighted by atomic mass is 10.3. The summed E-state index contributed by atoms with van der Waals surface area (Å²) in [5.41, 5.74) is 7.52. The van der Waals surface area contributed by atoms with Crippen LogP contribution in [-0.2, 0) is 0 Å². The normalized spacial score (nSPS) is 10.3. The highest BCUT2D eigenvalue weighted by molar-refractivity contribution is 7.99. The molecule has 0 aliphatic heterocycles. The molecule has 0 unspecified atom stereocenters. The number of amides is 1. The topological polar surface area (TPSA) is 79.8 Å². The van der Waals surface area contributed by atoms with Gasteiger partial charge in [-0.2, -0.15) is 0 Å². The highest BCUT2D eigenvalue weighted by Gasteiger charge is 2.13. The number of aromatic nitrogens is 3. The van der Waals surface area contributed by atoms with Crippen molar-refractivity contribution in [2.24, 2.45) is 0 Å². The summed E-state index contributed by atoms with van der Waals surface area (Å²) < 4.78 is 0. The van der Waals surface area contributed by atoms with Gasteiger partial charge in [0.05, 0.1) is 5.56 Å². The Morgan fingerprint density at radius 1 is 1.00 bits per heavy atom. The summed E-state index contributed by atoms with van der Waals surface area (Å²) in [5, 5.41) is 0.634. The molecule has 0 aliphatic carbocycles. The van der Waals surface area contributed by atoms with Crippen LogP contribution in [0.2, 0.25) is 0 Å². The summed E-state index contributed by atoms with van der Waals surface area (Å²) in [7, 11) is 0. The lowest BCUT2D eigenvalue weighted by Crippen LogP contribution is -2.31. The molecule has 126 valence electrons. The first-order chi connectivity index (χ1) is 12.1. The Kier molecular flexibility index (Phi) is 5.25. The van der Waals surface area contributed by atoms with Gasteiger partial charge >= 0.3 is 0 Å². The van der Waals surface area contributed by atoms with Crippen LogP contribution in [0, 0.1) is 13.8 Å². The van der Waals surface area contributed by atoms with Crippen molar-refractivity contribution >= 4 is 23.6 Å². The van der Waals surface area contributed by atoms with E-state index in [-0.39, 0.29) is 5.91 Å². The average Bonchev–Trinajstić information content (AvgIpc) is 2.60. The van der Waals surface area contributed by atoms with E-state index in [9.17, 15) is 4.79 Å². The minimum absolute atomic E-state index is 0.297. The fourth-order valence-corrected chi connectivity index (χ4v) is 3.11. The second-order valence-corrected chi connectivity index (χ2v) is 6.39. The number of carbonyl (C=O) groups excluding carboxylic acids is 1. The molecule has 0 atom stereocenters. The van der Waals surface area contributed by atoms with E-state index < -0.39 is 0 Å². The van der Waals surface area contributed by atoms with E-state index in [2.05, 4.69) is 25.8 Å². The van der Waals surface area contributed by atoms with E-state index in [1.165, 1.54) is 11.8 Å². The second kappa shape index (κ2) is 7.76. The van der Waals surface area contributed by atoms with Crippen molar-refractivity contribution in [2.45, 2.75) is 23.8 Å². The minimum Gasteiger partial charge on any atom is -0.267 e. The molecule has 0 radical (unpaired) electrons. The zero-order valence-corrected chi connectivity index (χ0v) is 14.7. The summed E-state index contributed by atoms with van der Waals surface area (Å²) in [6, 6.07) is 15.1. The van der Waals surface area contributed by atoms with Crippen LogP contribution in [0.25, 0.3) is 0 Å². The van der Waals surface area contributed by atoms with Gasteiger partial charge in [-0.15, -0.1) is 0 Å². The molecule has 0 saturated carbocycles. The molecule has 0 spiro atoms. The number of carbonyl (C=O) groups is 1. The van der Waals surface area contributed by atoms with Crippen LogP contribution in [-0.4, -0.2) is 20.9 Å². The van der Waals surface area contributed by atoms with Crippen molar-refractivity contribution < 1.29 is 4.79 Å². The Labute approximate surface area is 150 Å². The lowest BCUT2D eigenvalue weighted by molar-refractivity contribution is 0.0958. The highest BCUT2D eigenvalue weighted by Crippen LogP contribution is 2.28. The van der Waals surface area contributed by atoms with Crippen molar-refractivity contribution in [3.05, 3.63) is 71.7 Å².